The molecular weight excluding hydrogens is 703 g/mol. The molecule has 3 heteroatoms. The molecule has 0 radical (unpaired) electrons. The topological polar surface area (TPSA) is 22.8 Å². The SMILES string of the molecule is c1ccc(-c2ccc3c(c2)c2ccccc2n3-c2cccc3c4ccc(-c5cccc(-c6nc7ccccc7n6-c6ccccc6)c5)cc4c4ccccc4c23)cc1. The van der Waals surface area contributed by atoms with Crippen LogP contribution in [-0.4, -0.2) is 14.1 Å². The molecule has 10 aromatic carbocycles. The summed E-state index contributed by atoms with van der Waals surface area (Å²) in [7, 11) is 0. The molecule has 12 rings (SSSR count). The number of para-hydroxylation sites is 4. The van der Waals surface area contributed by atoms with E-state index in [-0.39, 0.29) is 0 Å². The number of nitrogens with zero attached hydrogens (tertiary/aromatic N) is 3. The molecule has 0 saturated heterocycles. The lowest BCUT2D eigenvalue weighted by molar-refractivity contribution is 1.10. The number of hydrogen-bond acceptors (Lipinski definition) is 1. The van der Waals surface area contributed by atoms with Crippen LogP contribution in [0.15, 0.2) is 212 Å². The first-order valence-corrected chi connectivity index (χ1v) is 19.9. The van der Waals surface area contributed by atoms with Gasteiger partial charge in [0.05, 0.1) is 27.8 Å². The van der Waals surface area contributed by atoms with Crippen LogP contribution in [0.1, 0.15) is 0 Å². The van der Waals surface area contributed by atoms with E-state index in [1.165, 1.54) is 76.5 Å². The van der Waals surface area contributed by atoms with Crippen molar-refractivity contribution in [2.45, 2.75) is 0 Å². The smallest absolute Gasteiger partial charge is 0.145 e. The van der Waals surface area contributed by atoms with E-state index in [0.29, 0.717) is 0 Å². The summed E-state index contributed by atoms with van der Waals surface area (Å²) in [6.07, 6.45) is 0. The lowest BCUT2D eigenvalue weighted by Gasteiger charge is -2.17. The van der Waals surface area contributed by atoms with Gasteiger partial charge in [-0.25, -0.2) is 4.98 Å². The Morgan fingerprint density at radius 3 is 1.69 bits per heavy atom. The van der Waals surface area contributed by atoms with Gasteiger partial charge < -0.3 is 4.57 Å². The summed E-state index contributed by atoms with van der Waals surface area (Å²) in [6, 6.07) is 76.9. The predicted molar refractivity (Wildman–Crippen MR) is 244 cm³/mol. The van der Waals surface area contributed by atoms with Crippen molar-refractivity contribution in [2.75, 3.05) is 0 Å². The van der Waals surface area contributed by atoms with Crippen molar-refractivity contribution >= 4 is 65.2 Å². The largest absolute Gasteiger partial charge is 0.309 e. The Hall–Kier alpha value is -7.75. The Balaban J connectivity index is 1.05. The van der Waals surface area contributed by atoms with E-state index in [1.807, 2.05) is 0 Å². The van der Waals surface area contributed by atoms with Crippen LogP contribution in [0.3, 0.4) is 0 Å². The molecule has 0 saturated carbocycles. The van der Waals surface area contributed by atoms with Gasteiger partial charge in [0.15, 0.2) is 0 Å². The van der Waals surface area contributed by atoms with Crippen LogP contribution >= 0.6 is 0 Å². The monoisotopic (exact) mass is 737 g/mol. The average Bonchev–Trinajstić information content (AvgIpc) is 3.85. The van der Waals surface area contributed by atoms with E-state index in [9.17, 15) is 0 Å². The second-order valence-electron chi connectivity index (χ2n) is 15.1. The second-order valence-corrected chi connectivity index (χ2v) is 15.1. The summed E-state index contributed by atoms with van der Waals surface area (Å²) in [5, 5.41) is 9.99. The fourth-order valence-electron chi connectivity index (χ4n) is 9.29. The maximum Gasteiger partial charge on any atom is 0.145 e. The van der Waals surface area contributed by atoms with Gasteiger partial charge in [-0.05, 0) is 110 Å². The van der Waals surface area contributed by atoms with Crippen LogP contribution in [-0.2, 0) is 0 Å². The molecule has 0 unspecified atom stereocenters. The summed E-state index contributed by atoms with van der Waals surface area (Å²) < 4.78 is 4.74. The van der Waals surface area contributed by atoms with E-state index in [4.69, 9.17) is 4.98 Å². The van der Waals surface area contributed by atoms with Gasteiger partial charge in [0.25, 0.3) is 0 Å². The maximum atomic E-state index is 5.17. The molecule has 2 heterocycles. The fraction of sp³-hybridized carbons (Fsp3) is 0. The van der Waals surface area contributed by atoms with Crippen molar-refractivity contribution in [3.63, 3.8) is 0 Å². The Bertz CT molecular complexity index is 3530. The van der Waals surface area contributed by atoms with Crippen molar-refractivity contribution in [3.05, 3.63) is 212 Å². The zero-order valence-electron chi connectivity index (χ0n) is 31.5. The van der Waals surface area contributed by atoms with Crippen LogP contribution in [0.4, 0.5) is 0 Å². The Labute approximate surface area is 335 Å². The second kappa shape index (κ2) is 12.9. The number of imidazole rings is 1. The van der Waals surface area contributed by atoms with Crippen LogP contribution in [0.2, 0.25) is 0 Å². The number of hydrogen-bond donors (Lipinski definition) is 0. The highest BCUT2D eigenvalue weighted by Crippen LogP contribution is 2.43. The third-order valence-electron chi connectivity index (χ3n) is 11.9. The molecule has 0 bridgehead atoms. The summed E-state index contributed by atoms with van der Waals surface area (Å²) >= 11 is 0. The molecule has 0 N–H and O–H groups in total. The Morgan fingerprint density at radius 2 is 0.845 bits per heavy atom. The lowest BCUT2D eigenvalue weighted by atomic mass is 9.91. The molecule has 0 amide bonds. The molecule has 0 aliphatic carbocycles. The molecule has 0 spiro atoms. The number of rotatable bonds is 5. The summed E-state index contributed by atoms with van der Waals surface area (Å²) in [5.74, 6) is 0.931. The van der Waals surface area contributed by atoms with Gasteiger partial charge in [-0.2, -0.15) is 0 Å². The standard InChI is InChI=1S/C55H35N3/c1-3-15-36(16-4-1)38-30-32-51-48(35-38)44-22-9-11-26-50(44)58(51)53-28-14-24-46-43-31-29-39(34-47(43)42-21-7-8-23-45(42)54(46)53)37-17-13-18-40(33-37)55-56-49-25-10-12-27-52(49)57(55)41-19-5-2-6-20-41/h1-35H. The number of aromatic nitrogens is 3. The van der Waals surface area contributed by atoms with Crippen molar-refractivity contribution in [1.29, 1.82) is 0 Å². The average molecular weight is 738 g/mol. The fourth-order valence-corrected chi connectivity index (χ4v) is 9.29. The molecular formula is C55H35N3. The third kappa shape index (κ3) is 4.97. The normalized spacial score (nSPS) is 11.8. The zero-order valence-corrected chi connectivity index (χ0v) is 31.5. The van der Waals surface area contributed by atoms with Crippen molar-refractivity contribution in [3.8, 4) is 45.0 Å². The zero-order chi connectivity index (χ0) is 38.2. The molecule has 0 aliphatic heterocycles. The summed E-state index contributed by atoms with van der Waals surface area (Å²) in [5.41, 5.74) is 12.6. The molecule has 0 fully saturated rings. The minimum absolute atomic E-state index is 0.931. The number of fused-ring (bicyclic) bond motifs is 10. The van der Waals surface area contributed by atoms with Gasteiger partial charge in [-0.3, -0.25) is 4.57 Å². The van der Waals surface area contributed by atoms with Crippen LogP contribution in [0.25, 0.3) is 110 Å². The van der Waals surface area contributed by atoms with Crippen molar-refractivity contribution < 1.29 is 0 Å². The Morgan fingerprint density at radius 1 is 0.293 bits per heavy atom. The van der Waals surface area contributed by atoms with E-state index < -0.39 is 0 Å². The highest BCUT2D eigenvalue weighted by Gasteiger charge is 2.19. The first-order valence-electron chi connectivity index (χ1n) is 19.9. The number of benzene rings is 10. The molecule has 270 valence electrons. The molecule has 58 heavy (non-hydrogen) atoms. The van der Waals surface area contributed by atoms with Gasteiger partial charge in [0.2, 0.25) is 0 Å². The minimum atomic E-state index is 0.931. The molecule has 2 aromatic heterocycles. The first kappa shape index (κ1) is 32.5. The Kier molecular flexibility index (Phi) is 7.23. The van der Waals surface area contributed by atoms with Gasteiger partial charge in [-0.15, -0.1) is 0 Å². The molecule has 12 aromatic rings. The van der Waals surface area contributed by atoms with Crippen molar-refractivity contribution in [1.82, 2.24) is 14.1 Å². The predicted octanol–water partition coefficient (Wildman–Crippen LogP) is 14.6. The highest BCUT2D eigenvalue weighted by molar-refractivity contribution is 6.28. The van der Waals surface area contributed by atoms with E-state index in [0.717, 1.165) is 33.7 Å². The summed E-state index contributed by atoms with van der Waals surface area (Å²) in [4.78, 5) is 5.17. The quantitative estimate of drug-likeness (QED) is 0.161. The van der Waals surface area contributed by atoms with Gasteiger partial charge in [0.1, 0.15) is 5.82 Å². The van der Waals surface area contributed by atoms with Crippen molar-refractivity contribution in [2.24, 2.45) is 0 Å². The third-order valence-corrected chi connectivity index (χ3v) is 11.9. The maximum absolute atomic E-state index is 5.17. The van der Waals surface area contributed by atoms with E-state index in [1.54, 1.807) is 0 Å². The molecule has 0 atom stereocenters. The molecule has 3 nitrogen and oxygen atoms in total. The van der Waals surface area contributed by atoms with Crippen LogP contribution in [0.5, 0.6) is 0 Å². The summed E-state index contributed by atoms with van der Waals surface area (Å²) in [6.45, 7) is 0. The first-order chi connectivity index (χ1) is 28.8. The van der Waals surface area contributed by atoms with Crippen LogP contribution < -0.4 is 0 Å². The van der Waals surface area contributed by atoms with E-state index in [2.05, 4.69) is 221 Å². The lowest BCUT2D eigenvalue weighted by Crippen LogP contribution is -1.97. The van der Waals surface area contributed by atoms with Crippen LogP contribution in [0, 0.1) is 0 Å². The van der Waals surface area contributed by atoms with Gasteiger partial charge >= 0.3 is 0 Å². The van der Waals surface area contributed by atoms with Gasteiger partial charge in [-0.1, -0.05) is 152 Å². The highest BCUT2D eigenvalue weighted by atomic mass is 15.1. The minimum Gasteiger partial charge on any atom is -0.309 e. The molecule has 0 aliphatic rings. The van der Waals surface area contributed by atoms with Gasteiger partial charge in [0, 0.05) is 27.4 Å². The van der Waals surface area contributed by atoms with E-state index >= 15 is 0 Å².